The maximum atomic E-state index is 12.8. The van der Waals surface area contributed by atoms with Gasteiger partial charge in [0.2, 0.25) is 0 Å². The molecule has 4 nitrogen and oxygen atoms in total. The Kier molecular flexibility index (Phi) is 8.02. The van der Waals surface area contributed by atoms with E-state index < -0.39 is 0 Å². The molecule has 0 atom stereocenters. The first-order chi connectivity index (χ1) is 16.6. The van der Waals surface area contributed by atoms with Gasteiger partial charge in [0.15, 0.2) is 0 Å². The van der Waals surface area contributed by atoms with Crippen LogP contribution in [0, 0.1) is 0 Å². The molecular formula is C28H23ClN2O2S. The van der Waals surface area contributed by atoms with E-state index in [1.54, 1.807) is 48.2 Å². The van der Waals surface area contributed by atoms with Crippen molar-refractivity contribution in [3.8, 4) is 0 Å². The van der Waals surface area contributed by atoms with E-state index in [0.29, 0.717) is 23.4 Å². The summed E-state index contributed by atoms with van der Waals surface area (Å²) in [4.78, 5) is 26.7. The largest absolute Gasteiger partial charge is 0.348 e. The standard InChI is InChI=1S/C28H23ClN2O2S/c29-23-14-16-24(17-15-23)34-19-21-10-12-22(13-11-21)27(32)31-26-9-5-4-8-25(26)28(33)30-18-20-6-2-1-3-7-20/h1-17H,18-19H2,(H,30,33)(H,31,32). The van der Waals surface area contributed by atoms with Gasteiger partial charge >= 0.3 is 0 Å². The van der Waals surface area contributed by atoms with E-state index in [-0.39, 0.29) is 11.8 Å². The Balaban J connectivity index is 1.36. The Labute approximate surface area is 208 Å². The molecule has 0 saturated carbocycles. The highest BCUT2D eigenvalue weighted by atomic mass is 35.5. The molecule has 34 heavy (non-hydrogen) atoms. The maximum absolute atomic E-state index is 12.8. The van der Waals surface area contributed by atoms with E-state index in [9.17, 15) is 9.59 Å². The number of thioether (sulfide) groups is 1. The van der Waals surface area contributed by atoms with Crippen LogP contribution < -0.4 is 10.6 Å². The summed E-state index contributed by atoms with van der Waals surface area (Å²) in [5.41, 5.74) is 3.53. The molecule has 2 N–H and O–H groups in total. The molecule has 0 radical (unpaired) electrons. The van der Waals surface area contributed by atoms with Gasteiger partial charge in [0, 0.05) is 27.8 Å². The van der Waals surface area contributed by atoms with Crippen LogP contribution in [-0.4, -0.2) is 11.8 Å². The second-order valence-corrected chi connectivity index (χ2v) is 9.09. The third kappa shape index (κ3) is 6.50. The molecule has 0 unspecified atom stereocenters. The lowest BCUT2D eigenvalue weighted by atomic mass is 10.1. The molecule has 2 amide bonds. The number of hydrogen-bond acceptors (Lipinski definition) is 3. The molecular weight excluding hydrogens is 464 g/mol. The number of benzene rings is 4. The first kappa shape index (κ1) is 23.6. The van der Waals surface area contributed by atoms with Gasteiger partial charge in [-0.2, -0.15) is 0 Å². The summed E-state index contributed by atoms with van der Waals surface area (Å²) >= 11 is 7.64. The topological polar surface area (TPSA) is 58.2 Å². The average molecular weight is 487 g/mol. The van der Waals surface area contributed by atoms with Crippen LogP contribution in [0.4, 0.5) is 5.69 Å². The van der Waals surface area contributed by atoms with Crippen LogP contribution in [0.25, 0.3) is 0 Å². The van der Waals surface area contributed by atoms with Crippen molar-refractivity contribution in [2.75, 3.05) is 5.32 Å². The van der Waals surface area contributed by atoms with Gasteiger partial charge in [-0.3, -0.25) is 9.59 Å². The molecule has 0 aliphatic carbocycles. The second kappa shape index (κ2) is 11.5. The third-order valence-corrected chi connectivity index (χ3v) is 6.49. The molecule has 0 aliphatic heterocycles. The number of nitrogens with one attached hydrogen (secondary N) is 2. The predicted molar refractivity (Wildman–Crippen MR) is 139 cm³/mol. The van der Waals surface area contributed by atoms with Crippen LogP contribution in [-0.2, 0) is 12.3 Å². The molecule has 0 heterocycles. The van der Waals surface area contributed by atoms with Crippen molar-refractivity contribution in [3.63, 3.8) is 0 Å². The summed E-state index contributed by atoms with van der Waals surface area (Å²) < 4.78 is 0. The Morgan fingerprint density at radius 2 is 1.38 bits per heavy atom. The number of halogens is 1. The number of amides is 2. The van der Waals surface area contributed by atoms with E-state index in [0.717, 1.165) is 26.8 Å². The number of carbonyl (C=O) groups is 2. The first-order valence-corrected chi connectivity index (χ1v) is 12.1. The Bertz CT molecular complexity index is 1260. The highest BCUT2D eigenvalue weighted by Gasteiger charge is 2.14. The van der Waals surface area contributed by atoms with Crippen LogP contribution in [0.1, 0.15) is 31.8 Å². The molecule has 4 aromatic carbocycles. The number of rotatable bonds is 8. The summed E-state index contributed by atoms with van der Waals surface area (Å²) in [7, 11) is 0. The molecule has 0 bridgehead atoms. The number of para-hydroxylation sites is 1. The minimum absolute atomic E-state index is 0.241. The fraction of sp³-hybridized carbons (Fsp3) is 0.0714. The average Bonchev–Trinajstić information content (AvgIpc) is 2.88. The minimum atomic E-state index is -0.264. The lowest BCUT2D eigenvalue weighted by molar-refractivity contribution is 0.0952. The summed E-state index contributed by atoms with van der Waals surface area (Å²) in [6.07, 6.45) is 0. The van der Waals surface area contributed by atoms with Gasteiger partial charge in [0.25, 0.3) is 11.8 Å². The second-order valence-electron chi connectivity index (χ2n) is 7.61. The van der Waals surface area contributed by atoms with Crippen molar-refractivity contribution in [1.29, 1.82) is 0 Å². The molecule has 0 aliphatic rings. The maximum Gasteiger partial charge on any atom is 0.255 e. The van der Waals surface area contributed by atoms with Crippen molar-refractivity contribution in [2.45, 2.75) is 17.2 Å². The van der Waals surface area contributed by atoms with E-state index in [4.69, 9.17) is 11.6 Å². The fourth-order valence-electron chi connectivity index (χ4n) is 3.31. The SMILES string of the molecule is O=C(Nc1ccccc1C(=O)NCc1ccccc1)c1ccc(CSc2ccc(Cl)cc2)cc1. The molecule has 170 valence electrons. The van der Waals surface area contributed by atoms with E-state index in [1.165, 1.54) is 0 Å². The van der Waals surface area contributed by atoms with Crippen LogP contribution in [0.15, 0.2) is 108 Å². The Morgan fingerprint density at radius 1 is 0.706 bits per heavy atom. The smallest absolute Gasteiger partial charge is 0.255 e. The lowest BCUT2D eigenvalue weighted by Gasteiger charge is -2.12. The van der Waals surface area contributed by atoms with Gasteiger partial charge in [0.05, 0.1) is 11.3 Å². The van der Waals surface area contributed by atoms with Crippen LogP contribution >= 0.6 is 23.4 Å². The summed E-state index contributed by atoms with van der Waals surface area (Å²) in [5.74, 6) is 0.281. The minimum Gasteiger partial charge on any atom is -0.348 e. The molecule has 4 rings (SSSR count). The zero-order valence-electron chi connectivity index (χ0n) is 18.3. The van der Waals surface area contributed by atoms with Crippen LogP contribution in [0.3, 0.4) is 0 Å². The molecule has 4 aromatic rings. The van der Waals surface area contributed by atoms with Crippen molar-refractivity contribution in [1.82, 2.24) is 5.32 Å². The zero-order chi connectivity index (χ0) is 23.8. The summed E-state index contributed by atoms with van der Waals surface area (Å²) in [6.45, 7) is 0.414. The van der Waals surface area contributed by atoms with Gasteiger partial charge in [-0.25, -0.2) is 0 Å². The van der Waals surface area contributed by atoms with Gasteiger partial charge < -0.3 is 10.6 Å². The highest BCUT2D eigenvalue weighted by Crippen LogP contribution is 2.24. The first-order valence-electron chi connectivity index (χ1n) is 10.8. The van der Waals surface area contributed by atoms with Crippen LogP contribution in [0.5, 0.6) is 0 Å². The van der Waals surface area contributed by atoms with Crippen molar-refractivity contribution in [2.24, 2.45) is 0 Å². The van der Waals surface area contributed by atoms with E-state index >= 15 is 0 Å². The Hall–Kier alpha value is -3.54. The third-order valence-electron chi connectivity index (χ3n) is 5.15. The number of hydrogen-bond donors (Lipinski definition) is 2. The number of anilines is 1. The van der Waals surface area contributed by atoms with Gasteiger partial charge in [-0.05, 0) is 59.7 Å². The quantitative estimate of drug-likeness (QED) is 0.269. The molecule has 0 saturated heterocycles. The van der Waals surface area contributed by atoms with E-state index in [2.05, 4.69) is 10.6 Å². The fourth-order valence-corrected chi connectivity index (χ4v) is 4.29. The summed E-state index contributed by atoms with van der Waals surface area (Å²) in [6, 6.07) is 31.9. The van der Waals surface area contributed by atoms with Gasteiger partial charge in [-0.1, -0.05) is 66.2 Å². The molecule has 0 aromatic heterocycles. The summed E-state index contributed by atoms with van der Waals surface area (Å²) in [5, 5.41) is 6.50. The highest BCUT2D eigenvalue weighted by molar-refractivity contribution is 7.98. The lowest BCUT2D eigenvalue weighted by Crippen LogP contribution is -2.24. The molecule has 0 spiro atoms. The van der Waals surface area contributed by atoms with Crippen molar-refractivity contribution >= 4 is 40.9 Å². The van der Waals surface area contributed by atoms with E-state index in [1.807, 2.05) is 66.7 Å². The zero-order valence-corrected chi connectivity index (χ0v) is 19.9. The van der Waals surface area contributed by atoms with Crippen LogP contribution in [0.2, 0.25) is 5.02 Å². The van der Waals surface area contributed by atoms with Crippen molar-refractivity contribution in [3.05, 3.63) is 130 Å². The van der Waals surface area contributed by atoms with Gasteiger partial charge in [0.1, 0.15) is 0 Å². The Morgan fingerprint density at radius 3 is 2.12 bits per heavy atom. The normalized spacial score (nSPS) is 10.5. The van der Waals surface area contributed by atoms with Gasteiger partial charge in [-0.15, -0.1) is 11.8 Å². The van der Waals surface area contributed by atoms with Crippen molar-refractivity contribution < 1.29 is 9.59 Å². The molecule has 0 fully saturated rings. The predicted octanol–water partition coefficient (Wildman–Crippen LogP) is 6.81. The number of carbonyl (C=O) groups excluding carboxylic acids is 2. The monoisotopic (exact) mass is 486 g/mol. The molecule has 6 heteroatoms.